The molecular weight excluding hydrogens is 359 g/mol. The molecule has 2 aromatic rings. The van der Waals surface area contributed by atoms with Gasteiger partial charge in [-0.1, -0.05) is 67.6 Å². The van der Waals surface area contributed by atoms with Crippen molar-refractivity contribution in [1.82, 2.24) is 0 Å². The van der Waals surface area contributed by atoms with E-state index in [0.717, 1.165) is 19.0 Å². The van der Waals surface area contributed by atoms with Crippen molar-refractivity contribution in [2.45, 2.75) is 58.7 Å². The lowest BCUT2D eigenvalue weighted by Crippen LogP contribution is -2.31. The van der Waals surface area contributed by atoms with Gasteiger partial charge in [0, 0.05) is 19.0 Å². The van der Waals surface area contributed by atoms with Crippen molar-refractivity contribution in [3.8, 4) is 0 Å². The highest BCUT2D eigenvalue weighted by Gasteiger charge is 2.34. The summed E-state index contributed by atoms with van der Waals surface area (Å²) in [5.41, 5.74) is 1.77. The van der Waals surface area contributed by atoms with Crippen LogP contribution >= 0.6 is 6.49 Å². The molecule has 0 spiro atoms. The fraction of sp³-hybridized carbons (Fsp3) is 0.455. The zero-order chi connectivity index (χ0) is 19.3. The van der Waals surface area contributed by atoms with Gasteiger partial charge >= 0.3 is 0 Å². The van der Waals surface area contributed by atoms with Gasteiger partial charge in [-0.15, -0.1) is 0 Å². The van der Waals surface area contributed by atoms with Crippen molar-refractivity contribution < 1.29 is 9.05 Å². The van der Waals surface area contributed by atoms with Gasteiger partial charge in [0.25, 0.3) is 0 Å². The van der Waals surface area contributed by atoms with E-state index in [-0.39, 0.29) is 11.2 Å². The average molecular weight is 391 g/mol. The van der Waals surface area contributed by atoms with Gasteiger partial charge in [-0.25, -0.2) is 0 Å². The molecule has 0 heterocycles. The van der Waals surface area contributed by atoms with Crippen LogP contribution in [0, 0.1) is 0 Å². The lowest BCUT2D eigenvalue weighted by atomic mass is 9.99. The Morgan fingerprint density at radius 1 is 0.731 bits per heavy atom. The zero-order valence-electron chi connectivity index (χ0n) is 16.6. The Bertz CT molecular complexity index is 667. The third kappa shape index (κ3) is 6.96. The minimum Gasteiger partial charge on any atom is -0.323 e. The molecule has 0 fully saturated rings. The highest BCUT2D eigenvalue weighted by Crippen LogP contribution is 2.55. The zero-order valence-corrected chi connectivity index (χ0v) is 18.3. The lowest BCUT2D eigenvalue weighted by Gasteiger charge is -2.37. The Labute approximate surface area is 164 Å². The van der Waals surface area contributed by atoms with Gasteiger partial charge in [0.05, 0.1) is 11.2 Å². The van der Waals surface area contributed by atoms with Crippen LogP contribution in [0.4, 0.5) is 0 Å². The van der Waals surface area contributed by atoms with Crippen molar-refractivity contribution in [2.24, 2.45) is 0 Å². The Morgan fingerprint density at radius 3 is 1.38 bits per heavy atom. The SMILES string of the molecule is CCP(=S)(OC(C)(C)Cc1ccccc1)OC(C)(C)Cc1ccccc1. The van der Waals surface area contributed by atoms with E-state index in [0.29, 0.717) is 0 Å². The molecule has 0 atom stereocenters. The highest BCUT2D eigenvalue weighted by atomic mass is 32.5. The van der Waals surface area contributed by atoms with E-state index in [1.165, 1.54) is 11.1 Å². The van der Waals surface area contributed by atoms with E-state index < -0.39 is 6.49 Å². The topological polar surface area (TPSA) is 18.5 Å². The fourth-order valence-electron chi connectivity index (χ4n) is 3.14. The third-order valence-electron chi connectivity index (χ3n) is 4.11. The van der Waals surface area contributed by atoms with Crippen molar-refractivity contribution in [1.29, 1.82) is 0 Å². The molecule has 0 amide bonds. The summed E-state index contributed by atoms with van der Waals surface area (Å²) in [4.78, 5) is 0. The largest absolute Gasteiger partial charge is 0.323 e. The Hall–Kier alpha value is -0.990. The van der Waals surface area contributed by atoms with Crippen molar-refractivity contribution >= 4 is 18.3 Å². The van der Waals surface area contributed by atoms with Gasteiger partial charge in [-0.05, 0) is 50.6 Å². The predicted molar refractivity (Wildman–Crippen MR) is 115 cm³/mol. The van der Waals surface area contributed by atoms with Crippen LogP contribution in [0.25, 0.3) is 0 Å². The molecule has 2 nitrogen and oxygen atoms in total. The Morgan fingerprint density at radius 2 is 1.08 bits per heavy atom. The van der Waals surface area contributed by atoms with Gasteiger partial charge in [0.1, 0.15) is 0 Å². The standard InChI is InChI=1S/C22H31O2PS/c1-6-25(26,23-21(2,3)17-19-13-9-7-10-14-19)24-22(4,5)18-20-15-11-8-12-16-20/h7-16H,6,17-18H2,1-5H3. The summed E-state index contributed by atoms with van der Waals surface area (Å²) in [6.07, 6.45) is 2.35. The van der Waals surface area contributed by atoms with Crippen LogP contribution in [0.5, 0.6) is 0 Å². The summed E-state index contributed by atoms with van der Waals surface area (Å²) in [7, 11) is 0. The molecule has 2 rings (SSSR count). The maximum atomic E-state index is 6.46. The normalized spacial score (nSPS) is 13.0. The van der Waals surface area contributed by atoms with Crippen molar-refractivity contribution in [2.75, 3.05) is 6.16 Å². The number of rotatable bonds is 9. The second-order valence-corrected chi connectivity index (χ2v) is 11.8. The summed E-state index contributed by atoms with van der Waals surface area (Å²) >= 11 is 5.90. The van der Waals surface area contributed by atoms with Gasteiger partial charge in [-0.3, -0.25) is 0 Å². The molecule has 0 aliphatic rings. The molecule has 26 heavy (non-hydrogen) atoms. The van der Waals surface area contributed by atoms with Gasteiger partial charge < -0.3 is 9.05 Å². The first kappa shape index (κ1) is 21.3. The Balaban J connectivity index is 2.07. The second kappa shape index (κ2) is 8.80. The first-order chi connectivity index (χ1) is 12.1. The van der Waals surface area contributed by atoms with E-state index in [1.54, 1.807) is 0 Å². The lowest BCUT2D eigenvalue weighted by molar-refractivity contribution is 0.0531. The van der Waals surface area contributed by atoms with Crippen molar-refractivity contribution in [3.63, 3.8) is 0 Å². The van der Waals surface area contributed by atoms with Gasteiger partial charge in [0.15, 0.2) is 6.49 Å². The molecule has 0 N–H and O–H groups in total. The van der Waals surface area contributed by atoms with Gasteiger partial charge in [-0.2, -0.15) is 0 Å². The smallest absolute Gasteiger partial charge is 0.189 e. The minimum atomic E-state index is -2.38. The molecular formula is C22H31O2PS. The summed E-state index contributed by atoms with van der Waals surface area (Å²) in [6.45, 7) is 8.09. The Kier molecular flexibility index (Phi) is 7.21. The second-order valence-electron chi connectivity index (χ2n) is 7.95. The van der Waals surface area contributed by atoms with E-state index in [1.807, 2.05) is 12.1 Å². The number of benzene rings is 2. The molecule has 142 valence electrons. The third-order valence-corrected chi connectivity index (χ3v) is 7.65. The maximum absolute atomic E-state index is 6.46. The summed E-state index contributed by atoms with van der Waals surface area (Å²) in [6, 6.07) is 20.8. The predicted octanol–water partition coefficient (Wildman–Crippen LogP) is 6.39. The van der Waals surface area contributed by atoms with Crippen LogP contribution in [0.2, 0.25) is 0 Å². The average Bonchev–Trinajstić information content (AvgIpc) is 2.54. The van der Waals surface area contributed by atoms with Crippen LogP contribution in [0.15, 0.2) is 60.7 Å². The molecule has 2 aromatic carbocycles. The monoisotopic (exact) mass is 390 g/mol. The molecule has 0 unspecified atom stereocenters. The molecule has 0 aliphatic heterocycles. The van der Waals surface area contributed by atoms with E-state index in [4.69, 9.17) is 20.9 Å². The molecule has 0 saturated heterocycles. The molecule has 0 bridgehead atoms. The van der Waals surface area contributed by atoms with E-state index in [9.17, 15) is 0 Å². The quantitative estimate of drug-likeness (QED) is 0.462. The molecule has 0 radical (unpaired) electrons. The number of hydrogen-bond acceptors (Lipinski definition) is 3. The van der Waals surface area contributed by atoms with Crippen LogP contribution in [-0.2, 0) is 33.7 Å². The summed E-state index contributed by atoms with van der Waals surface area (Å²) in [5, 5.41) is 0. The van der Waals surface area contributed by atoms with Crippen LogP contribution < -0.4 is 0 Å². The first-order valence-electron chi connectivity index (χ1n) is 9.21. The van der Waals surface area contributed by atoms with E-state index >= 15 is 0 Å². The van der Waals surface area contributed by atoms with Gasteiger partial charge in [0.2, 0.25) is 0 Å². The molecule has 0 aliphatic carbocycles. The van der Waals surface area contributed by atoms with Crippen LogP contribution in [0.1, 0.15) is 45.7 Å². The minimum absolute atomic E-state index is 0.365. The molecule has 4 heteroatoms. The van der Waals surface area contributed by atoms with Crippen LogP contribution in [0.3, 0.4) is 0 Å². The number of hydrogen-bond donors (Lipinski definition) is 0. The summed E-state index contributed by atoms with van der Waals surface area (Å²) < 4.78 is 12.9. The maximum Gasteiger partial charge on any atom is 0.189 e. The van der Waals surface area contributed by atoms with Crippen molar-refractivity contribution in [3.05, 3.63) is 71.8 Å². The molecule has 0 aromatic heterocycles. The summed E-state index contributed by atoms with van der Waals surface area (Å²) in [5.74, 6) is 0. The van der Waals surface area contributed by atoms with Crippen LogP contribution in [-0.4, -0.2) is 17.4 Å². The molecule has 0 saturated carbocycles. The van der Waals surface area contributed by atoms with E-state index in [2.05, 4.69) is 83.1 Å². The highest BCUT2D eigenvalue weighted by molar-refractivity contribution is 8.09. The fourth-order valence-corrected chi connectivity index (χ4v) is 6.28. The first-order valence-corrected chi connectivity index (χ1v) is 12.0.